The van der Waals surface area contributed by atoms with E-state index in [1.54, 1.807) is 12.1 Å². The lowest BCUT2D eigenvalue weighted by atomic mass is 10.0. The molecular formula is C16H17NO3. The summed E-state index contributed by atoms with van der Waals surface area (Å²) in [5, 5.41) is 9.81. The maximum Gasteiger partial charge on any atom is 0.168 e. The fraction of sp³-hybridized carbons (Fsp3) is 0.188. The first-order chi connectivity index (χ1) is 9.56. The van der Waals surface area contributed by atoms with Crippen LogP contribution in [0.2, 0.25) is 0 Å². The molecule has 0 aliphatic rings. The van der Waals surface area contributed by atoms with E-state index in [1.165, 1.54) is 7.11 Å². The smallest absolute Gasteiger partial charge is 0.168 e. The lowest BCUT2D eigenvalue weighted by Crippen LogP contribution is -2.07. The predicted molar refractivity (Wildman–Crippen MR) is 79.8 cm³/mol. The molecule has 0 saturated carbocycles. The summed E-state index contributed by atoms with van der Waals surface area (Å²) >= 11 is 0. The van der Waals surface area contributed by atoms with Crippen LogP contribution in [0.1, 0.15) is 10.4 Å². The molecule has 0 heterocycles. The minimum atomic E-state index is -0.129. The van der Waals surface area contributed by atoms with Gasteiger partial charge in [0.2, 0.25) is 0 Å². The SMILES string of the molecule is COc1cc(-c2ccc(N(C)C)cc2)cc(C=O)c1O. The summed E-state index contributed by atoms with van der Waals surface area (Å²) in [6.07, 6.45) is 0.621. The summed E-state index contributed by atoms with van der Waals surface area (Å²) in [5.41, 5.74) is 3.09. The highest BCUT2D eigenvalue weighted by molar-refractivity contribution is 5.85. The molecule has 2 aromatic rings. The molecule has 0 radical (unpaired) electrons. The highest BCUT2D eigenvalue weighted by Crippen LogP contribution is 2.35. The van der Waals surface area contributed by atoms with Crippen molar-refractivity contribution in [3.8, 4) is 22.6 Å². The van der Waals surface area contributed by atoms with Crippen LogP contribution in [0.15, 0.2) is 36.4 Å². The third-order valence-corrected chi connectivity index (χ3v) is 3.17. The maximum atomic E-state index is 11.0. The van der Waals surface area contributed by atoms with Crippen LogP contribution >= 0.6 is 0 Å². The van der Waals surface area contributed by atoms with Gasteiger partial charge in [-0.05, 0) is 35.4 Å². The van der Waals surface area contributed by atoms with Crippen molar-refractivity contribution in [3.05, 3.63) is 42.0 Å². The molecule has 0 unspecified atom stereocenters. The number of hydrogen-bond acceptors (Lipinski definition) is 4. The Morgan fingerprint density at radius 2 is 1.75 bits per heavy atom. The molecule has 1 N–H and O–H groups in total. The molecule has 0 aliphatic carbocycles. The summed E-state index contributed by atoms with van der Waals surface area (Å²) in [5.74, 6) is 0.164. The Morgan fingerprint density at radius 3 is 2.25 bits per heavy atom. The number of aromatic hydroxyl groups is 1. The van der Waals surface area contributed by atoms with Gasteiger partial charge in [-0.3, -0.25) is 4.79 Å². The molecule has 4 nitrogen and oxygen atoms in total. The van der Waals surface area contributed by atoms with Crippen molar-refractivity contribution < 1.29 is 14.6 Å². The maximum absolute atomic E-state index is 11.0. The van der Waals surface area contributed by atoms with Gasteiger partial charge in [-0.2, -0.15) is 0 Å². The van der Waals surface area contributed by atoms with E-state index in [4.69, 9.17) is 4.74 Å². The third-order valence-electron chi connectivity index (χ3n) is 3.17. The fourth-order valence-electron chi connectivity index (χ4n) is 1.99. The highest BCUT2D eigenvalue weighted by atomic mass is 16.5. The van der Waals surface area contributed by atoms with E-state index < -0.39 is 0 Å². The molecule has 0 aliphatic heterocycles. The second kappa shape index (κ2) is 5.65. The van der Waals surface area contributed by atoms with Gasteiger partial charge in [-0.1, -0.05) is 12.1 Å². The van der Waals surface area contributed by atoms with Crippen molar-refractivity contribution in [2.75, 3.05) is 26.1 Å². The minimum absolute atomic E-state index is 0.129. The number of ether oxygens (including phenoxy) is 1. The van der Waals surface area contributed by atoms with Crippen molar-refractivity contribution in [2.24, 2.45) is 0 Å². The summed E-state index contributed by atoms with van der Waals surface area (Å²) in [6, 6.07) is 11.3. The number of aldehydes is 1. The molecule has 2 aromatic carbocycles. The van der Waals surface area contributed by atoms with E-state index in [0.717, 1.165) is 16.8 Å². The lowest BCUT2D eigenvalue weighted by Gasteiger charge is -2.13. The van der Waals surface area contributed by atoms with E-state index in [0.29, 0.717) is 12.0 Å². The molecule has 0 saturated heterocycles. The molecule has 0 aromatic heterocycles. The highest BCUT2D eigenvalue weighted by Gasteiger charge is 2.11. The Bertz CT molecular complexity index is 618. The number of anilines is 1. The lowest BCUT2D eigenvalue weighted by molar-refractivity contribution is 0.112. The quantitative estimate of drug-likeness (QED) is 0.869. The zero-order valence-electron chi connectivity index (χ0n) is 11.8. The molecule has 0 fully saturated rings. The van der Waals surface area contributed by atoms with E-state index in [9.17, 15) is 9.90 Å². The number of carbonyl (C=O) groups is 1. The monoisotopic (exact) mass is 271 g/mol. The van der Waals surface area contributed by atoms with Gasteiger partial charge < -0.3 is 14.7 Å². The van der Waals surface area contributed by atoms with Gasteiger partial charge in [0.15, 0.2) is 17.8 Å². The van der Waals surface area contributed by atoms with Gasteiger partial charge in [0, 0.05) is 19.8 Å². The molecule has 0 spiro atoms. The Kier molecular flexibility index (Phi) is 3.94. The van der Waals surface area contributed by atoms with Gasteiger partial charge in [-0.15, -0.1) is 0 Å². The number of hydrogen-bond donors (Lipinski definition) is 1. The zero-order chi connectivity index (χ0) is 14.7. The average molecular weight is 271 g/mol. The fourth-order valence-corrected chi connectivity index (χ4v) is 1.99. The van der Waals surface area contributed by atoms with Crippen molar-refractivity contribution in [1.29, 1.82) is 0 Å². The van der Waals surface area contributed by atoms with Gasteiger partial charge in [0.25, 0.3) is 0 Å². The molecule has 0 atom stereocenters. The van der Waals surface area contributed by atoms with E-state index in [-0.39, 0.29) is 11.3 Å². The van der Waals surface area contributed by atoms with Crippen molar-refractivity contribution >= 4 is 12.0 Å². The molecule has 2 rings (SSSR count). The normalized spacial score (nSPS) is 10.2. The van der Waals surface area contributed by atoms with Crippen molar-refractivity contribution in [2.45, 2.75) is 0 Å². The van der Waals surface area contributed by atoms with Crippen molar-refractivity contribution in [1.82, 2.24) is 0 Å². The second-order valence-electron chi connectivity index (χ2n) is 4.68. The van der Waals surface area contributed by atoms with Crippen LogP contribution in [0.4, 0.5) is 5.69 Å². The number of rotatable bonds is 4. The third kappa shape index (κ3) is 2.59. The summed E-state index contributed by atoms with van der Waals surface area (Å²) in [6.45, 7) is 0. The first-order valence-electron chi connectivity index (χ1n) is 6.20. The van der Waals surface area contributed by atoms with Gasteiger partial charge in [-0.25, -0.2) is 0 Å². The van der Waals surface area contributed by atoms with E-state index >= 15 is 0 Å². The number of nitrogens with zero attached hydrogens (tertiary/aromatic N) is 1. The number of carbonyl (C=O) groups excluding carboxylic acids is 1. The number of phenols is 1. The number of benzene rings is 2. The average Bonchev–Trinajstić information content (AvgIpc) is 2.47. The van der Waals surface area contributed by atoms with Crippen LogP contribution in [0.25, 0.3) is 11.1 Å². The van der Waals surface area contributed by atoms with Gasteiger partial charge in [0.1, 0.15) is 0 Å². The molecule has 4 heteroatoms. The second-order valence-corrected chi connectivity index (χ2v) is 4.68. The summed E-state index contributed by atoms with van der Waals surface area (Å²) in [4.78, 5) is 13.0. The molecule has 0 amide bonds. The summed E-state index contributed by atoms with van der Waals surface area (Å²) < 4.78 is 5.09. The Labute approximate surface area is 118 Å². The topological polar surface area (TPSA) is 49.8 Å². The van der Waals surface area contributed by atoms with Crippen LogP contribution in [-0.2, 0) is 0 Å². The number of phenolic OH excluding ortho intramolecular Hbond substituents is 1. The first kappa shape index (κ1) is 13.9. The van der Waals surface area contributed by atoms with Gasteiger partial charge in [0.05, 0.1) is 12.7 Å². The first-order valence-corrected chi connectivity index (χ1v) is 6.20. The molecular weight excluding hydrogens is 254 g/mol. The Morgan fingerprint density at radius 1 is 1.10 bits per heavy atom. The zero-order valence-corrected chi connectivity index (χ0v) is 11.8. The minimum Gasteiger partial charge on any atom is -0.504 e. The largest absolute Gasteiger partial charge is 0.504 e. The van der Waals surface area contributed by atoms with Crippen LogP contribution in [0.5, 0.6) is 11.5 Å². The van der Waals surface area contributed by atoms with Gasteiger partial charge >= 0.3 is 0 Å². The Hall–Kier alpha value is -2.49. The summed E-state index contributed by atoms with van der Waals surface area (Å²) in [7, 11) is 5.41. The van der Waals surface area contributed by atoms with Crippen LogP contribution in [0.3, 0.4) is 0 Å². The molecule has 20 heavy (non-hydrogen) atoms. The van der Waals surface area contributed by atoms with Crippen LogP contribution in [0, 0.1) is 0 Å². The van der Waals surface area contributed by atoms with Crippen LogP contribution < -0.4 is 9.64 Å². The van der Waals surface area contributed by atoms with E-state index in [2.05, 4.69) is 0 Å². The van der Waals surface area contributed by atoms with Crippen LogP contribution in [-0.4, -0.2) is 32.6 Å². The van der Waals surface area contributed by atoms with Crippen molar-refractivity contribution in [3.63, 3.8) is 0 Å². The number of methoxy groups -OCH3 is 1. The molecule has 0 bridgehead atoms. The standard InChI is InChI=1S/C16H17NO3/c1-17(2)14-6-4-11(5-7-14)12-8-13(10-18)16(19)15(9-12)20-3/h4-10,19H,1-3H3. The predicted octanol–water partition coefficient (Wildman–Crippen LogP) is 2.95. The molecule has 104 valence electrons. The Balaban J connectivity index is 2.49. The van der Waals surface area contributed by atoms with E-state index in [1.807, 2.05) is 43.3 Å².